The maximum atomic E-state index is 9.64. The number of allylic oxidation sites excluding steroid dienone is 1. The lowest BCUT2D eigenvalue weighted by molar-refractivity contribution is 0.299. The summed E-state index contributed by atoms with van der Waals surface area (Å²) < 4.78 is 0. The third kappa shape index (κ3) is 4.01. The van der Waals surface area contributed by atoms with Crippen LogP contribution in [0.4, 0.5) is 5.69 Å². The van der Waals surface area contributed by atoms with Gasteiger partial charge >= 0.3 is 0 Å². The molecule has 1 N–H and O–H groups in total. The van der Waals surface area contributed by atoms with Crippen LogP contribution in [0.15, 0.2) is 59.7 Å². The first kappa shape index (κ1) is 19.4. The van der Waals surface area contributed by atoms with Crippen molar-refractivity contribution in [1.29, 1.82) is 0 Å². The molecule has 0 aromatic heterocycles. The highest BCUT2D eigenvalue weighted by molar-refractivity contribution is 5.81. The Kier molecular flexibility index (Phi) is 6.18. The van der Waals surface area contributed by atoms with Crippen LogP contribution < -0.4 is 4.90 Å². The molecule has 0 amide bonds. The summed E-state index contributed by atoms with van der Waals surface area (Å²) in [5.74, 6) is 0. The average molecular weight is 361 g/mol. The summed E-state index contributed by atoms with van der Waals surface area (Å²) in [6.45, 7) is 8.83. The summed E-state index contributed by atoms with van der Waals surface area (Å²) in [7, 11) is 0. The van der Waals surface area contributed by atoms with Gasteiger partial charge in [-0.2, -0.15) is 0 Å². The highest BCUT2D eigenvalue weighted by atomic mass is 16.3. The minimum Gasteiger partial charge on any atom is -0.396 e. The summed E-state index contributed by atoms with van der Waals surface area (Å²) >= 11 is 0. The fraction of sp³-hybridized carbons (Fsp3) is 0.360. The smallest absolute Gasteiger partial charge is 0.0697 e. The van der Waals surface area contributed by atoms with Crippen molar-refractivity contribution in [2.24, 2.45) is 0 Å². The fourth-order valence-electron chi connectivity index (χ4n) is 3.94. The van der Waals surface area contributed by atoms with Crippen LogP contribution >= 0.6 is 0 Å². The van der Waals surface area contributed by atoms with E-state index in [9.17, 15) is 5.11 Å². The molecule has 1 aliphatic heterocycles. The summed E-state index contributed by atoms with van der Waals surface area (Å²) in [5.41, 5.74) is 8.80. The van der Waals surface area contributed by atoms with Crippen molar-refractivity contribution in [3.63, 3.8) is 0 Å². The molecule has 1 unspecified atom stereocenters. The van der Waals surface area contributed by atoms with Gasteiger partial charge in [0.2, 0.25) is 0 Å². The largest absolute Gasteiger partial charge is 0.396 e. The Morgan fingerprint density at radius 3 is 2.04 bits per heavy atom. The molecule has 2 nitrogen and oxygen atoms in total. The molecule has 1 atom stereocenters. The van der Waals surface area contributed by atoms with Crippen molar-refractivity contribution in [3.8, 4) is 0 Å². The van der Waals surface area contributed by atoms with Crippen molar-refractivity contribution in [2.45, 2.75) is 53.0 Å². The Morgan fingerprint density at radius 2 is 1.52 bits per heavy atom. The molecular weight excluding hydrogens is 330 g/mol. The van der Waals surface area contributed by atoms with Crippen LogP contribution in [0.1, 0.15) is 49.8 Å². The van der Waals surface area contributed by atoms with Gasteiger partial charge in [0, 0.05) is 12.3 Å². The highest BCUT2D eigenvalue weighted by Crippen LogP contribution is 2.40. The highest BCUT2D eigenvalue weighted by Gasteiger charge is 2.30. The number of nitrogens with zero attached hydrogens (tertiary/aromatic N) is 1. The zero-order valence-electron chi connectivity index (χ0n) is 16.9. The molecule has 2 aromatic carbocycles. The SMILES string of the molecule is CCC1=C(c2ccc(C)cc2)C(CC)N(c2ccc(C)cc2)[C]=C1CCO. The van der Waals surface area contributed by atoms with Crippen molar-refractivity contribution < 1.29 is 5.11 Å². The van der Waals surface area contributed by atoms with Gasteiger partial charge in [-0.3, -0.25) is 0 Å². The van der Waals surface area contributed by atoms with E-state index in [2.05, 4.69) is 87.3 Å². The second-order valence-electron chi connectivity index (χ2n) is 7.31. The third-order valence-corrected chi connectivity index (χ3v) is 5.37. The second kappa shape index (κ2) is 8.58. The minimum atomic E-state index is 0.144. The molecule has 1 heterocycles. The molecule has 0 bridgehead atoms. The zero-order chi connectivity index (χ0) is 19.4. The summed E-state index contributed by atoms with van der Waals surface area (Å²) in [6, 6.07) is 17.7. The topological polar surface area (TPSA) is 23.5 Å². The van der Waals surface area contributed by atoms with E-state index in [1.165, 1.54) is 27.8 Å². The second-order valence-corrected chi connectivity index (χ2v) is 7.31. The van der Waals surface area contributed by atoms with E-state index < -0.39 is 0 Å². The number of aliphatic hydroxyl groups is 1. The van der Waals surface area contributed by atoms with E-state index in [4.69, 9.17) is 0 Å². The van der Waals surface area contributed by atoms with Crippen molar-refractivity contribution in [2.75, 3.05) is 11.5 Å². The van der Waals surface area contributed by atoms with Crippen molar-refractivity contribution in [3.05, 3.63) is 82.6 Å². The predicted molar refractivity (Wildman–Crippen MR) is 115 cm³/mol. The Bertz CT molecular complexity index is 828. The first-order valence-corrected chi connectivity index (χ1v) is 9.98. The molecule has 3 rings (SSSR count). The van der Waals surface area contributed by atoms with E-state index in [0.717, 1.165) is 24.1 Å². The zero-order valence-corrected chi connectivity index (χ0v) is 16.9. The number of hydrogen-bond acceptors (Lipinski definition) is 2. The number of aliphatic hydroxyl groups excluding tert-OH is 1. The van der Waals surface area contributed by atoms with Crippen LogP contribution in [0, 0.1) is 20.0 Å². The first-order chi connectivity index (χ1) is 13.1. The third-order valence-electron chi connectivity index (χ3n) is 5.37. The molecule has 2 aromatic rings. The number of anilines is 1. The maximum Gasteiger partial charge on any atom is 0.0697 e. The Hall–Kier alpha value is -2.32. The van der Waals surface area contributed by atoms with Crippen molar-refractivity contribution >= 4 is 11.3 Å². The number of benzene rings is 2. The molecule has 141 valence electrons. The normalized spacial score (nSPS) is 17.3. The maximum absolute atomic E-state index is 9.64. The van der Waals surface area contributed by atoms with Gasteiger partial charge in [0.05, 0.1) is 12.2 Å². The van der Waals surface area contributed by atoms with E-state index in [1.54, 1.807) is 0 Å². The van der Waals surface area contributed by atoms with Gasteiger partial charge in [-0.25, -0.2) is 0 Å². The van der Waals surface area contributed by atoms with Crippen LogP contribution in [0.3, 0.4) is 0 Å². The molecule has 0 aliphatic carbocycles. The summed E-state index contributed by atoms with van der Waals surface area (Å²) in [6.07, 6.45) is 6.22. The molecule has 0 fully saturated rings. The van der Waals surface area contributed by atoms with Gasteiger partial charge in [-0.05, 0) is 67.5 Å². The number of hydrogen-bond donors (Lipinski definition) is 1. The van der Waals surface area contributed by atoms with E-state index in [0.29, 0.717) is 6.42 Å². The lowest BCUT2D eigenvalue weighted by Crippen LogP contribution is -2.36. The number of aryl methyl sites for hydroxylation is 2. The monoisotopic (exact) mass is 360 g/mol. The molecule has 2 heteroatoms. The first-order valence-electron chi connectivity index (χ1n) is 9.98. The van der Waals surface area contributed by atoms with Gasteiger partial charge < -0.3 is 10.0 Å². The Balaban J connectivity index is 2.16. The summed E-state index contributed by atoms with van der Waals surface area (Å²) in [4.78, 5) is 2.28. The average Bonchev–Trinajstić information content (AvgIpc) is 2.68. The van der Waals surface area contributed by atoms with Crippen LogP contribution in [0.2, 0.25) is 0 Å². The molecule has 27 heavy (non-hydrogen) atoms. The molecule has 0 saturated carbocycles. The Labute approximate surface area is 163 Å². The minimum absolute atomic E-state index is 0.144. The lowest BCUT2D eigenvalue weighted by atomic mass is 9.82. The fourth-order valence-corrected chi connectivity index (χ4v) is 3.94. The van der Waals surface area contributed by atoms with Gasteiger partial charge in [0.1, 0.15) is 0 Å². The van der Waals surface area contributed by atoms with Crippen molar-refractivity contribution in [1.82, 2.24) is 0 Å². The number of rotatable bonds is 6. The quantitative estimate of drug-likeness (QED) is 0.700. The van der Waals surface area contributed by atoms with E-state index in [1.807, 2.05) is 0 Å². The molecule has 1 radical (unpaired) electrons. The Morgan fingerprint density at radius 1 is 0.926 bits per heavy atom. The van der Waals surface area contributed by atoms with Gasteiger partial charge in [0.15, 0.2) is 0 Å². The van der Waals surface area contributed by atoms with Gasteiger partial charge in [-0.15, -0.1) is 0 Å². The molecular formula is C25H30NO. The molecule has 0 spiro atoms. The van der Waals surface area contributed by atoms with E-state index in [-0.39, 0.29) is 12.6 Å². The van der Waals surface area contributed by atoms with Gasteiger partial charge in [-0.1, -0.05) is 61.4 Å². The van der Waals surface area contributed by atoms with Crippen LogP contribution in [0.5, 0.6) is 0 Å². The van der Waals surface area contributed by atoms with Crippen LogP contribution in [-0.4, -0.2) is 17.8 Å². The van der Waals surface area contributed by atoms with Crippen LogP contribution in [0.25, 0.3) is 5.57 Å². The molecule has 1 aliphatic rings. The lowest BCUT2D eigenvalue weighted by Gasteiger charge is -2.38. The van der Waals surface area contributed by atoms with Crippen LogP contribution in [-0.2, 0) is 0 Å². The van der Waals surface area contributed by atoms with E-state index >= 15 is 0 Å². The molecule has 0 saturated heterocycles. The summed E-state index contributed by atoms with van der Waals surface area (Å²) in [5, 5.41) is 9.64. The van der Waals surface area contributed by atoms with Gasteiger partial charge in [0.25, 0.3) is 0 Å². The standard InChI is InChI=1S/C25H30NO/c1-5-23-21(15-16-27)17-26(22-13-9-19(4)10-14-22)24(6-2)25(23)20-11-7-18(3)8-12-20/h7-14,24,27H,5-6,15-16H2,1-4H3. The predicted octanol–water partition coefficient (Wildman–Crippen LogP) is 5.84.